The fourth-order valence-corrected chi connectivity index (χ4v) is 1.99. The van der Waals surface area contributed by atoms with Gasteiger partial charge < -0.3 is 11.5 Å². The lowest BCUT2D eigenvalue weighted by Crippen LogP contribution is -2.13. The van der Waals surface area contributed by atoms with E-state index >= 15 is 0 Å². The molecular weight excluding hydrogens is 285 g/mol. The van der Waals surface area contributed by atoms with E-state index in [2.05, 4.69) is 0 Å². The van der Waals surface area contributed by atoms with Crippen LogP contribution in [0.4, 0.5) is 4.39 Å². The molecule has 0 fully saturated rings. The summed E-state index contributed by atoms with van der Waals surface area (Å²) in [5.41, 5.74) is 11.6. The van der Waals surface area contributed by atoms with Gasteiger partial charge in [0, 0.05) is 11.6 Å². The molecule has 0 aliphatic rings. The Hall–Kier alpha value is -0.0600. The van der Waals surface area contributed by atoms with Gasteiger partial charge in [0.1, 0.15) is 5.82 Å². The highest BCUT2D eigenvalue weighted by atomic mass is 35.5. The first-order chi connectivity index (χ1) is 7.57. The number of unbranched alkanes of at least 4 members (excludes halogenated alkanes) is 1. The van der Waals surface area contributed by atoms with Gasteiger partial charge in [0.15, 0.2) is 0 Å². The van der Waals surface area contributed by atoms with Gasteiger partial charge in [-0.1, -0.05) is 29.6 Å². The molecule has 98 valence electrons. The summed E-state index contributed by atoms with van der Waals surface area (Å²) in [7, 11) is 0. The van der Waals surface area contributed by atoms with Crippen molar-refractivity contribution in [3.8, 4) is 0 Å². The minimum atomic E-state index is -0.433. The first kappa shape index (κ1) is 16.9. The van der Waals surface area contributed by atoms with E-state index in [1.54, 1.807) is 0 Å². The van der Waals surface area contributed by atoms with Crippen LogP contribution in [-0.2, 0) is 0 Å². The Kier molecular flexibility index (Phi) is 8.09. The van der Waals surface area contributed by atoms with Crippen LogP contribution in [0.25, 0.3) is 0 Å². The smallest absolute Gasteiger partial charge is 0.129 e. The molecule has 17 heavy (non-hydrogen) atoms. The van der Waals surface area contributed by atoms with E-state index in [0.717, 1.165) is 12.8 Å². The first-order valence-electron chi connectivity index (χ1n) is 5.17. The van der Waals surface area contributed by atoms with Gasteiger partial charge in [-0.05, 0) is 31.5 Å². The van der Waals surface area contributed by atoms with Crippen LogP contribution in [-0.4, -0.2) is 6.54 Å². The minimum Gasteiger partial charge on any atom is -0.330 e. The van der Waals surface area contributed by atoms with Crippen LogP contribution in [0.3, 0.4) is 0 Å². The van der Waals surface area contributed by atoms with Crippen LogP contribution < -0.4 is 11.5 Å². The van der Waals surface area contributed by atoms with Crippen molar-refractivity contribution in [1.82, 2.24) is 0 Å². The highest BCUT2D eigenvalue weighted by Crippen LogP contribution is 2.33. The summed E-state index contributed by atoms with van der Waals surface area (Å²) in [6.45, 7) is 0.610. The third-order valence-electron chi connectivity index (χ3n) is 2.42. The Morgan fingerprint density at radius 1 is 1.24 bits per heavy atom. The Morgan fingerprint density at radius 2 is 1.88 bits per heavy atom. The predicted molar refractivity (Wildman–Crippen MR) is 73.5 cm³/mol. The normalized spacial score (nSPS) is 12.1. The fraction of sp³-hybridized carbons (Fsp3) is 0.455. The summed E-state index contributed by atoms with van der Waals surface area (Å²) in [6, 6.07) is 2.28. The standard InChI is InChI=1S/C11H15Cl2FN2.ClH/c12-7-4-5-8(14)10(11(7)13)9(16)3-1-2-6-15;/h4-5,9H,1-3,6,15-16H2;1H/t9-;/m0./s1. The summed E-state index contributed by atoms with van der Waals surface area (Å²) in [4.78, 5) is 0. The zero-order valence-corrected chi connectivity index (χ0v) is 11.6. The maximum absolute atomic E-state index is 13.5. The van der Waals surface area contributed by atoms with E-state index in [0.29, 0.717) is 23.6 Å². The zero-order valence-electron chi connectivity index (χ0n) is 9.26. The number of nitrogens with two attached hydrogens (primary N) is 2. The number of rotatable bonds is 5. The monoisotopic (exact) mass is 300 g/mol. The lowest BCUT2D eigenvalue weighted by atomic mass is 10.0. The molecule has 0 unspecified atom stereocenters. The number of benzene rings is 1. The highest BCUT2D eigenvalue weighted by Gasteiger charge is 2.17. The van der Waals surface area contributed by atoms with E-state index in [9.17, 15) is 4.39 Å². The Bertz CT molecular complexity index is 361. The van der Waals surface area contributed by atoms with Crippen molar-refractivity contribution >= 4 is 35.6 Å². The van der Waals surface area contributed by atoms with Gasteiger partial charge in [0.05, 0.1) is 10.0 Å². The maximum Gasteiger partial charge on any atom is 0.129 e. The van der Waals surface area contributed by atoms with Crippen molar-refractivity contribution in [1.29, 1.82) is 0 Å². The molecule has 1 atom stereocenters. The molecular formula is C11H16Cl3FN2. The second-order valence-corrected chi connectivity index (χ2v) is 4.43. The van der Waals surface area contributed by atoms with Gasteiger partial charge in [-0.2, -0.15) is 0 Å². The van der Waals surface area contributed by atoms with Crippen molar-refractivity contribution in [3.05, 3.63) is 33.6 Å². The SMILES string of the molecule is Cl.NCCCC[C@H](N)c1c(F)ccc(Cl)c1Cl. The lowest BCUT2D eigenvalue weighted by molar-refractivity contribution is 0.543. The second-order valence-electron chi connectivity index (χ2n) is 3.65. The molecule has 1 aromatic rings. The average Bonchev–Trinajstić information content (AvgIpc) is 2.24. The molecule has 1 rings (SSSR count). The third-order valence-corrected chi connectivity index (χ3v) is 3.24. The van der Waals surface area contributed by atoms with Crippen molar-refractivity contribution in [2.75, 3.05) is 6.54 Å². The molecule has 0 amide bonds. The summed E-state index contributed by atoms with van der Waals surface area (Å²) in [5.74, 6) is -0.408. The van der Waals surface area contributed by atoms with E-state index in [4.69, 9.17) is 34.7 Å². The van der Waals surface area contributed by atoms with Gasteiger partial charge in [0.2, 0.25) is 0 Å². The van der Waals surface area contributed by atoms with Crippen molar-refractivity contribution in [3.63, 3.8) is 0 Å². The molecule has 0 aliphatic carbocycles. The Balaban J connectivity index is 0.00000256. The van der Waals surface area contributed by atoms with E-state index in [1.165, 1.54) is 12.1 Å². The molecule has 4 N–H and O–H groups in total. The molecule has 2 nitrogen and oxygen atoms in total. The number of hydrogen-bond donors (Lipinski definition) is 2. The summed E-state index contributed by atoms with van der Waals surface area (Å²) in [6.07, 6.45) is 2.36. The van der Waals surface area contributed by atoms with E-state index in [1.807, 2.05) is 0 Å². The average molecular weight is 302 g/mol. The molecule has 0 saturated carbocycles. The van der Waals surface area contributed by atoms with Gasteiger partial charge in [0.25, 0.3) is 0 Å². The predicted octanol–water partition coefficient (Wildman–Crippen LogP) is 3.68. The Morgan fingerprint density at radius 3 is 2.47 bits per heavy atom. The van der Waals surface area contributed by atoms with E-state index in [-0.39, 0.29) is 17.4 Å². The molecule has 6 heteroatoms. The summed E-state index contributed by atoms with van der Waals surface area (Å²) < 4.78 is 13.5. The second kappa shape index (κ2) is 8.11. The summed E-state index contributed by atoms with van der Waals surface area (Å²) >= 11 is 11.7. The molecule has 0 saturated heterocycles. The minimum absolute atomic E-state index is 0. The van der Waals surface area contributed by atoms with Crippen LogP contribution in [0, 0.1) is 5.82 Å². The topological polar surface area (TPSA) is 52.0 Å². The maximum atomic E-state index is 13.5. The zero-order chi connectivity index (χ0) is 12.1. The largest absolute Gasteiger partial charge is 0.330 e. The van der Waals surface area contributed by atoms with Crippen molar-refractivity contribution in [2.24, 2.45) is 11.5 Å². The van der Waals surface area contributed by atoms with Crippen LogP contribution in [0.15, 0.2) is 12.1 Å². The van der Waals surface area contributed by atoms with Gasteiger partial charge in [-0.15, -0.1) is 12.4 Å². The van der Waals surface area contributed by atoms with Gasteiger partial charge in [-0.3, -0.25) is 0 Å². The Labute approximate surface area is 117 Å². The van der Waals surface area contributed by atoms with Gasteiger partial charge >= 0.3 is 0 Å². The lowest BCUT2D eigenvalue weighted by Gasteiger charge is -2.15. The summed E-state index contributed by atoms with van der Waals surface area (Å²) in [5, 5.41) is 0.536. The van der Waals surface area contributed by atoms with Gasteiger partial charge in [-0.25, -0.2) is 4.39 Å². The van der Waals surface area contributed by atoms with Crippen LogP contribution in [0.1, 0.15) is 30.9 Å². The molecule has 0 heterocycles. The van der Waals surface area contributed by atoms with Crippen LogP contribution in [0.2, 0.25) is 10.0 Å². The highest BCUT2D eigenvalue weighted by molar-refractivity contribution is 6.42. The molecule has 0 aromatic heterocycles. The molecule has 0 spiro atoms. The van der Waals surface area contributed by atoms with Crippen molar-refractivity contribution < 1.29 is 4.39 Å². The molecule has 0 radical (unpaired) electrons. The third kappa shape index (κ3) is 4.60. The molecule has 0 bridgehead atoms. The van der Waals surface area contributed by atoms with Crippen molar-refractivity contribution in [2.45, 2.75) is 25.3 Å². The number of halogens is 4. The molecule has 1 aromatic carbocycles. The fourth-order valence-electron chi connectivity index (χ4n) is 1.54. The first-order valence-corrected chi connectivity index (χ1v) is 5.92. The van der Waals surface area contributed by atoms with Crippen LogP contribution in [0.5, 0.6) is 0 Å². The van der Waals surface area contributed by atoms with E-state index < -0.39 is 11.9 Å². The van der Waals surface area contributed by atoms with Crippen LogP contribution >= 0.6 is 35.6 Å². The number of hydrogen-bond acceptors (Lipinski definition) is 2. The quantitative estimate of drug-likeness (QED) is 0.644. The molecule has 0 aliphatic heterocycles.